The van der Waals surface area contributed by atoms with Crippen LogP contribution in [0.15, 0.2) is 11.4 Å². The minimum Gasteiger partial charge on any atom is -0.496 e. The van der Waals surface area contributed by atoms with Gasteiger partial charge in [0.25, 0.3) is 5.91 Å². The van der Waals surface area contributed by atoms with Gasteiger partial charge in [0.15, 0.2) is 0 Å². The lowest BCUT2D eigenvalue weighted by atomic mass is 10.0. The number of rotatable bonds is 8. The first-order valence-corrected chi connectivity index (χ1v) is 7.03. The summed E-state index contributed by atoms with van der Waals surface area (Å²) in [4.78, 5) is 22.8. The van der Waals surface area contributed by atoms with E-state index in [4.69, 9.17) is 9.84 Å². The molecule has 1 heterocycles. The molecule has 0 radical (unpaired) electrons. The predicted molar refractivity (Wildman–Crippen MR) is 73.9 cm³/mol. The van der Waals surface area contributed by atoms with E-state index in [1.807, 2.05) is 6.92 Å². The summed E-state index contributed by atoms with van der Waals surface area (Å²) in [6.45, 7) is 2.54. The topological polar surface area (TPSA) is 75.6 Å². The van der Waals surface area contributed by atoms with Crippen LogP contribution >= 0.6 is 11.3 Å². The van der Waals surface area contributed by atoms with E-state index in [0.29, 0.717) is 23.6 Å². The van der Waals surface area contributed by atoms with Crippen LogP contribution < -0.4 is 10.1 Å². The van der Waals surface area contributed by atoms with Crippen molar-refractivity contribution >= 4 is 23.2 Å². The molecule has 0 aliphatic rings. The second-order valence-corrected chi connectivity index (χ2v) is 5.34. The number of carbonyl (C=O) groups is 2. The van der Waals surface area contributed by atoms with E-state index in [2.05, 4.69) is 5.32 Å². The summed E-state index contributed by atoms with van der Waals surface area (Å²) in [5.41, 5.74) is 0. The molecule has 6 heteroatoms. The highest BCUT2D eigenvalue weighted by atomic mass is 32.1. The maximum absolute atomic E-state index is 11.8. The van der Waals surface area contributed by atoms with Gasteiger partial charge >= 0.3 is 5.97 Å². The van der Waals surface area contributed by atoms with Crippen molar-refractivity contribution in [1.29, 1.82) is 0 Å². The Labute approximate surface area is 116 Å². The third-order valence-electron chi connectivity index (χ3n) is 2.81. The van der Waals surface area contributed by atoms with Gasteiger partial charge in [0.05, 0.1) is 12.0 Å². The second-order valence-electron chi connectivity index (χ2n) is 4.43. The van der Waals surface area contributed by atoms with Crippen LogP contribution in [0.2, 0.25) is 0 Å². The molecule has 0 saturated carbocycles. The highest BCUT2D eigenvalue weighted by molar-refractivity contribution is 7.12. The Morgan fingerprint density at radius 1 is 1.47 bits per heavy atom. The molecule has 0 aliphatic heterocycles. The summed E-state index contributed by atoms with van der Waals surface area (Å²) in [7, 11) is 1.56. The zero-order valence-electron chi connectivity index (χ0n) is 11.1. The Hall–Kier alpha value is -1.56. The Balaban J connectivity index is 2.25. The van der Waals surface area contributed by atoms with Crippen molar-refractivity contribution in [3.63, 3.8) is 0 Å². The van der Waals surface area contributed by atoms with Crippen LogP contribution in [-0.4, -0.2) is 30.6 Å². The van der Waals surface area contributed by atoms with E-state index in [0.717, 1.165) is 6.42 Å². The number of thiophene rings is 1. The highest BCUT2D eigenvalue weighted by Crippen LogP contribution is 2.20. The molecule has 0 bridgehead atoms. The van der Waals surface area contributed by atoms with Crippen LogP contribution in [0.1, 0.15) is 35.9 Å². The SMILES string of the molecule is COc1csc(C(=O)NCCC(C)CCC(=O)O)c1. The third kappa shape index (κ3) is 5.74. The molecule has 5 nitrogen and oxygen atoms in total. The van der Waals surface area contributed by atoms with Gasteiger partial charge < -0.3 is 15.2 Å². The fourth-order valence-electron chi connectivity index (χ4n) is 1.58. The van der Waals surface area contributed by atoms with E-state index in [9.17, 15) is 9.59 Å². The van der Waals surface area contributed by atoms with Crippen molar-refractivity contribution < 1.29 is 19.4 Å². The van der Waals surface area contributed by atoms with Crippen LogP contribution in [0.3, 0.4) is 0 Å². The zero-order valence-corrected chi connectivity index (χ0v) is 12.0. The lowest BCUT2D eigenvalue weighted by molar-refractivity contribution is -0.137. The molecule has 1 atom stereocenters. The van der Waals surface area contributed by atoms with E-state index >= 15 is 0 Å². The van der Waals surface area contributed by atoms with Crippen molar-refractivity contribution in [1.82, 2.24) is 5.32 Å². The number of aliphatic carboxylic acids is 1. The van der Waals surface area contributed by atoms with Gasteiger partial charge in [-0.05, 0) is 18.8 Å². The molecular weight excluding hydrogens is 266 g/mol. The van der Waals surface area contributed by atoms with Crippen molar-refractivity contribution in [2.24, 2.45) is 5.92 Å². The minimum absolute atomic E-state index is 0.112. The van der Waals surface area contributed by atoms with E-state index < -0.39 is 5.97 Å². The molecule has 1 amide bonds. The molecule has 0 fully saturated rings. The fraction of sp³-hybridized carbons (Fsp3) is 0.538. The van der Waals surface area contributed by atoms with Crippen LogP contribution in [0.4, 0.5) is 0 Å². The van der Waals surface area contributed by atoms with Crippen LogP contribution in [0.5, 0.6) is 5.75 Å². The molecule has 1 aromatic heterocycles. The van der Waals surface area contributed by atoms with Gasteiger partial charge in [0, 0.05) is 24.4 Å². The molecule has 2 N–H and O–H groups in total. The zero-order chi connectivity index (χ0) is 14.3. The first-order chi connectivity index (χ1) is 9.02. The van der Waals surface area contributed by atoms with Crippen LogP contribution in [-0.2, 0) is 4.79 Å². The molecule has 19 heavy (non-hydrogen) atoms. The molecule has 1 rings (SSSR count). The van der Waals surface area contributed by atoms with Gasteiger partial charge in [0.2, 0.25) is 0 Å². The van der Waals surface area contributed by atoms with Gasteiger partial charge in [-0.3, -0.25) is 9.59 Å². The standard InChI is InChI=1S/C13H19NO4S/c1-9(3-4-12(15)16)5-6-14-13(17)11-7-10(18-2)8-19-11/h7-9H,3-6H2,1-2H3,(H,14,17)(H,15,16). The maximum atomic E-state index is 11.8. The monoisotopic (exact) mass is 285 g/mol. The molecule has 106 valence electrons. The number of amides is 1. The second kappa shape index (κ2) is 7.78. The van der Waals surface area contributed by atoms with Crippen molar-refractivity contribution in [3.8, 4) is 5.75 Å². The molecule has 0 saturated heterocycles. The van der Waals surface area contributed by atoms with Crippen molar-refractivity contribution in [3.05, 3.63) is 16.3 Å². The van der Waals surface area contributed by atoms with Crippen molar-refractivity contribution in [2.75, 3.05) is 13.7 Å². The maximum Gasteiger partial charge on any atom is 0.303 e. The van der Waals surface area contributed by atoms with Gasteiger partial charge in [-0.1, -0.05) is 6.92 Å². The summed E-state index contributed by atoms with van der Waals surface area (Å²) in [6, 6.07) is 1.70. The Kier molecular flexibility index (Phi) is 6.35. The number of hydrogen-bond donors (Lipinski definition) is 2. The summed E-state index contributed by atoms with van der Waals surface area (Å²) < 4.78 is 5.02. The molecule has 1 unspecified atom stereocenters. The smallest absolute Gasteiger partial charge is 0.303 e. The van der Waals surface area contributed by atoms with Gasteiger partial charge in [-0.15, -0.1) is 11.3 Å². The quantitative estimate of drug-likeness (QED) is 0.769. The van der Waals surface area contributed by atoms with E-state index in [1.165, 1.54) is 11.3 Å². The summed E-state index contributed by atoms with van der Waals surface area (Å²) >= 11 is 1.34. The minimum atomic E-state index is -0.776. The summed E-state index contributed by atoms with van der Waals surface area (Å²) in [5.74, 6) is 0.0829. The Bertz CT molecular complexity index is 430. The lowest BCUT2D eigenvalue weighted by Gasteiger charge is -2.10. The first-order valence-electron chi connectivity index (χ1n) is 6.15. The largest absolute Gasteiger partial charge is 0.496 e. The number of carboxylic acids is 1. The number of carbonyl (C=O) groups excluding carboxylic acids is 1. The number of ether oxygens (including phenoxy) is 1. The average Bonchev–Trinajstić information content (AvgIpc) is 2.85. The van der Waals surface area contributed by atoms with Gasteiger partial charge in [-0.2, -0.15) is 0 Å². The molecule has 1 aromatic rings. The third-order valence-corrected chi connectivity index (χ3v) is 3.72. The Morgan fingerprint density at radius 2 is 2.21 bits per heavy atom. The molecule has 0 aliphatic carbocycles. The van der Waals surface area contributed by atoms with E-state index in [1.54, 1.807) is 18.6 Å². The molecular formula is C13H19NO4S. The summed E-state index contributed by atoms with van der Waals surface area (Å²) in [6.07, 6.45) is 1.59. The molecule has 0 spiro atoms. The highest BCUT2D eigenvalue weighted by Gasteiger charge is 2.10. The fourth-order valence-corrected chi connectivity index (χ4v) is 2.35. The Morgan fingerprint density at radius 3 is 2.79 bits per heavy atom. The number of carboxylic acid groups (broad SMARTS) is 1. The van der Waals surface area contributed by atoms with Crippen LogP contribution in [0, 0.1) is 5.92 Å². The summed E-state index contributed by atoms with van der Waals surface area (Å²) in [5, 5.41) is 13.2. The number of nitrogens with one attached hydrogen (secondary N) is 1. The van der Waals surface area contributed by atoms with Gasteiger partial charge in [0.1, 0.15) is 5.75 Å². The normalized spacial score (nSPS) is 11.9. The lowest BCUT2D eigenvalue weighted by Crippen LogP contribution is -2.24. The van der Waals surface area contributed by atoms with Crippen LogP contribution in [0.25, 0.3) is 0 Å². The number of hydrogen-bond acceptors (Lipinski definition) is 4. The number of methoxy groups -OCH3 is 1. The molecule has 0 aromatic carbocycles. The predicted octanol–water partition coefficient (Wildman–Crippen LogP) is 2.38. The van der Waals surface area contributed by atoms with Gasteiger partial charge in [-0.25, -0.2) is 0 Å². The first kappa shape index (κ1) is 15.5. The van der Waals surface area contributed by atoms with Crippen molar-refractivity contribution in [2.45, 2.75) is 26.2 Å². The average molecular weight is 285 g/mol. The van der Waals surface area contributed by atoms with E-state index in [-0.39, 0.29) is 18.2 Å².